The van der Waals surface area contributed by atoms with Crippen LogP contribution in [0, 0.1) is 0 Å². The first-order valence-electron chi connectivity index (χ1n) is 9.15. The summed E-state index contributed by atoms with van der Waals surface area (Å²) < 4.78 is 0. The number of aromatic nitrogens is 3. The number of hydrogen-bond donors (Lipinski definition) is 2. The van der Waals surface area contributed by atoms with Gasteiger partial charge in [-0.05, 0) is 30.7 Å². The molecule has 0 bridgehead atoms. The standard InChI is InChI=1S/C21H20Cl2N4/c1-2-3-4-9-18-26-19-14-7-5-6-8-17(14)25-21(20(19)27-18)24-13-10-11-15(22)16(23)12-13/h5-8,10-12H,2-4,9H2,1H3,(H,24,25)(H,26,27). The normalized spacial score (nSPS) is 11.4. The average Bonchev–Trinajstić information content (AvgIpc) is 3.10. The zero-order valence-electron chi connectivity index (χ0n) is 15.0. The Morgan fingerprint density at radius 2 is 1.85 bits per heavy atom. The van der Waals surface area contributed by atoms with E-state index in [2.05, 4.69) is 23.3 Å². The van der Waals surface area contributed by atoms with Crippen LogP contribution < -0.4 is 5.32 Å². The number of nitrogens with one attached hydrogen (secondary N) is 2. The molecular formula is C21H20Cl2N4. The quantitative estimate of drug-likeness (QED) is 0.347. The van der Waals surface area contributed by atoms with E-state index in [1.807, 2.05) is 24.3 Å². The zero-order valence-corrected chi connectivity index (χ0v) is 16.5. The van der Waals surface area contributed by atoms with E-state index in [-0.39, 0.29) is 0 Å². The Morgan fingerprint density at radius 1 is 1.00 bits per heavy atom. The van der Waals surface area contributed by atoms with E-state index >= 15 is 0 Å². The number of unbranched alkanes of at least 4 members (excludes halogenated alkanes) is 2. The summed E-state index contributed by atoms with van der Waals surface area (Å²) in [4.78, 5) is 13.1. The van der Waals surface area contributed by atoms with Crippen molar-refractivity contribution in [2.24, 2.45) is 0 Å². The summed E-state index contributed by atoms with van der Waals surface area (Å²) in [6, 6.07) is 13.5. The second kappa shape index (κ2) is 7.75. The maximum absolute atomic E-state index is 6.15. The number of anilines is 2. The lowest BCUT2D eigenvalue weighted by molar-refractivity contribution is 0.700. The molecule has 2 aromatic carbocycles. The maximum atomic E-state index is 6.15. The van der Waals surface area contributed by atoms with E-state index < -0.39 is 0 Å². The van der Waals surface area contributed by atoms with Crippen LogP contribution in [0.1, 0.15) is 32.0 Å². The average molecular weight is 399 g/mol. The van der Waals surface area contributed by atoms with Gasteiger partial charge in [-0.15, -0.1) is 0 Å². The summed E-state index contributed by atoms with van der Waals surface area (Å²) in [5.74, 6) is 1.70. The van der Waals surface area contributed by atoms with Crippen LogP contribution in [0.4, 0.5) is 11.5 Å². The summed E-state index contributed by atoms with van der Waals surface area (Å²) in [6.07, 6.45) is 4.44. The van der Waals surface area contributed by atoms with Crippen molar-refractivity contribution in [2.45, 2.75) is 32.6 Å². The first-order valence-corrected chi connectivity index (χ1v) is 9.90. The smallest absolute Gasteiger partial charge is 0.159 e. The minimum atomic E-state index is 0.501. The Labute approximate surface area is 167 Å². The number of aromatic amines is 1. The Balaban J connectivity index is 1.80. The van der Waals surface area contributed by atoms with Crippen LogP contribution in [-0.4, -0.2) is 15.0 Å². The SMILES string of the molecule is CCCCCc1nc2c(Nc3ccc(Cl)c(Cl)c3)nc3ccccc3c2[nH]1. The highest BCUT2D eigenvalue weighted by molar-refractivity contribution is 6.42. The second-order valence-electron chi connectivity index (χ2n) is 6.60. The van der Waals surface area contributed by atoms with Gasteiger partial charge in [-0.2, -0.15) is 0 Å². The highest BCUT2D eigenvalue weighted by Gasteiger charge is 2.14. The molecule has 0 spiro atoms. The van der Waals surface area contributed by atoms with Crippen molar-refractivity contribution >= 4 is 56.6 Å². The van der Waals surface area contributed by atoms with Gasteiger partial charge in [0, 0.05) is 17.5 Å². The van der Waals surface area contributed by atoms with Crippen molar-refractivity contribution < 1.29 is 0 Å². The Hall–Kier alpha value is -2.30. The first kappa shape index (κ1) is 18.1. The van der Waals surface area contributed by atoms with Crippen molar-refractivity contribution in [2.75, 3.05) is 5.32 Å². The molecule has 0 aliphatic heterocycles. The summed E-state index contributed by atoms with van der Waals surface area (Å²) in [5.41, 5.74) is 3.58. The summed E-state index contributed by atoms with van der Waals surface area (Å²) in [7, 11) is 0. The van der Waals surface area contributed by atoms with Crippen LogP contribution in [0.3, 0.4) is 0 Å². The lowest BCUT2D eigenvalue weighted by atomic mass is 10.2. The third-order valence-electron chi connectivity index (χ3n) is 4.58. The van der Waals surface area contributed by atoms with Crippen LogP contribution in [0.15, 0.2) is 42.5 Å². The number of halogens is 2. The van der Waals surface area contributed by atoms with E-state index in [9.17, 15) is 0 Å². The van der Waals surface area contributed by atoms with Crippen LogP contribution in [0.2, 0.25) is 10.0 Å². The van der Waals surface area contributed by atoms with Crippen molar-refractivity contribution in [3.63, 3.8) is 0 Å². The molecule has 0 saturated heterocycles. The predicted octanol–water partition coefficient (Wildman–Crippen LogP) is 6.89. The fourth-order valence-electron chi connectivity index (χ4n) is 3.20. The van der Waals surface area contributed by atoms with Crippen LogP contribution in [0.25, 0.3) is 21.9 Å². The van der Waals surface area contributed by atoms with Crippen molar-refractivity contribution in [3.8, 4) is 0 Å². The molecule has 0 unspecified atom stereocenters. The van der Waals surface area contributed by atoms with Crippen molar-refractivity contribution in [1.82, 2.24) is 15.0 Å². The number of hydrogen-bond acceptors (Lipinski definition) is 3. The Bertz CT molecular complexity index is 1100. The number of para-hydroxylation sites is 1. The number of fused-ring (bicyclic) bond motifs is 3. The molecular weight excluding hydrogens is 379 g/mol. The number of rotatable bonds is 6. The van der Waals surface area contributed by atoms with Gasteiger partial charge >= 0.3 is 0 Å². The van der Waals surface area contributed by atoms with E-state index in [4.69, 9.17) is 33.2 Å². The van der Waals surface area contributed by atoms with Crippen LogP contribution in [0.5, 0.6) is 0 Å². The van der Waals surface area contributed by atoms with Gasteiger partial charge in [0.2, 0.25) is 0 Å². The molecule has 0 aliphatic rings. The maximum Gasteiger partial charge on any atom is 0.159 e. The number of nitrogens with zero attached hydrogens (tertiary/aromatic N) is 2. The number of imidazole rings is 1. The van der Waals surface area contributed by atoms with Gasteiger partial charge < -0.3 is 10.3 Å². The molecule has 0 saturated carbocycles. The van der Waals surface area contributed by atoms with E-state index in [0.29, 0.717) is 15.9 Å². The molecule has 4 aromatic rings. The predicted molar refractivity (Wildman–Crippen MR) is 114 cm³/mol. The number of aryl methyl sites for hydroxylation is 1. The van der Waals surface area contributed by atoms with Crippen molar-refractivity contribution in [3.05, 3.63) is 58.3 Å². The molecule has 0 atom stereocenters. The minimum Gasteiger partial charge on any atom is -0.341 e. The van der Waals surface area contributed by atoms with Crippen LogP contribution in [-0.2, 0) is 6.42 Å². The molecule has 0 radical (unpaired) electrons. The lowest BCUT2D eigenvalue weighted by Gasteiger charge is -2.09. The van der Waals surface area contributed by atoms with Gasteiger partial charge in [0.1, 0.15) is 11.3 Å². The molecule has 4 rings (SSSR count). The fraction of sp³-hybridized carbons (Fsp3) is 0.238. The molecule has 4 nitrogen and oxygen atoms in total. The van der Waals surface area contributed by atoms with Crippen molar-refractivity contribution in [1.29, 1.82) is 0 Å². The Kier molecular flexibility index (Phi) is 5.19. The van der Waals surface area contributed by atoms with E-state index in [0.717, 1.165) is 46.3 Å². The molecule has 2 aromatic heterocycles. The van der Waals surface area contributed by atoms with Gasteiger partial charge in [-0.1, -0.05) is 61.2 Å². The fourth-order valence-corrected chi connectivity index (χ4v) is 3.50. The number of benzene rings is 2. The molecule has 0 aliphatic carbocycles. The summed E-state index contributed by atoms with van der Waals surface area (Å²) >= 11 is 12.2. The number of H-pyrrole nitrogens is 1. The molecule has 138 valence electrons. The van der Waals surface area contributed by atoms with E-state index in [1.54, 1.807) is 12.1 Å². The second-order valence-corrected chi connectivity index (χ2v) is 7.41. The van der Waals surface area contributed by atoms with Gasteiger partial charge in [0.15, 0.2) is 5.82 Å². The first-order chi connectivity index (χ1) is 13.2. The van der Waals surface area contributed by atoms with Gasteiger partial charge in [-0.25, -0.2) is 9.97 Å². The molecule has 2 N–H and O–H groups in total. The largest absolute Gasteiger partial charge is 0.341 e. The third kappa shape index (κ3) is 3.73. The lowest BCUT2D eigenvalue weighted by Crippen LogP contribution is -1.96. The summed E-state index contributed by atoms with van der Waals surface area (Å²) in [5, 5.41) is 5.45. The summed E-state index contributed by atoms with van der Waals surface area (Å²) in [6.45, 7) is 2.20. The topological polar surface area (TPSA) is 53.6 Å². The highest BCUT2D eigenvalue weighted by Crippen LogP contribution is 2.32. The molecule has 27 heavy (non-hydrogen) atoms. The zero-order chi connectivity index (χ0) is 18.8. The molecule has 6 heteroatoms. The van der Waals surface area contributed by atoms with Gasteiger partial charge in [0.05, 0.1) is 21.1 Å². The van der Waals surface area contributed by atoms with E-state index in [1.165, 1.54) is 12.8 Å². The van der Waals surface area contributed by atoms with Gasteiger partial charge in [-0.3, -0.25) is 0 Å². The molecule has 2 heterocycles. The van der Waals surface area contributed by atoms with Gasteiger partial charge in [0.25, 0.3) is 0 Å². The molecule has 0 amide bonds. The third-order valence-corrected chi connectivity index (χ3v) is 5.32. The minimum absolute atomic E-state index is 0.501. The Morgan fingerprint density at radius 3 is 2.67 bits per heavy atom. The molecule has 0 fully saturated rings. The highest BCUT2D eigenvalue weighted by atomic mass is 35.5. The number of pyridine rings is 1. The van der Waals surface area contributed by atoms with Crippen LogP contribution >= 0.6 is 23.2 Å². The monoisotopic (exact) mass is 398 g/mol.